The van der Waals surface area contributed by atoms with Gasteiger partial charge in [-0.15, -0.1) is 0 Å². The second-order valence-corrected chi connectivity index (χ2v) is 8.30. The summed E-state index contributed by atoms with van der Waals surface area (Å²) in [6.07, 6.45) is -0.717. The summed E-state index contributed by atoms with van der Waals surface area (Å²) in [4.78, 5) is 0.504. The number of halogens is 3. The van der Waals surface area contributed by atoms with Crippen LogP contribution >= 0.6 is 0 Å². The smallest absolute Gasteiger partial charge is 0.360 e. The SMILES string of the molecule is [N-]=[N+]=C(C1CCCC1)S(=O)(=O)C1=CC=CC(=S(=O)=O)C1C(F)(F)F. The molecule has 132 valence electrons. The molecule has 2 aliphatic rings. The highest BCUT2D eigenvalue weighted by atomic mass is 32.2. The Morgan fingerprint density at radius 2 is 1.83 bits per heavy atom. The van der Waals surface area contributed by atoms with Crippen LogP contribution in [0.4, 0.5) is 13.2 Å². The Hall–Kier alpha value is -1.71. The second-order valence-electron chi connectivity index (χ2n) is 5.46. The second kappa shape index (κ2) is 6.66. The van der Waals surface area contributed by atoms with Crippen molar-refractivity contribution in [3.05, 3.63) is 28.7 Å². The van der Waals surface area contributed by atoms with Crippen LogP contribution in [-0.4, -0.2) is 37.7 Å². The van der Waals surface area contributed by atoms with Gasteiger partial charge in [0.25, 0.3) is 9.84 Å². The lowest BCUT2D eigenvalue weighted by atomic mass is 10.00. The third kappa shape index (κ3) is 3.38. The molecule has 1 atom stereocenters. The van der Waals surface area contributed by atoms with Gasteiger partial charge >= 0.3 is 11.2 Å². The molecule has 11 heteroatoms. The van der Waals surface area contributed by atoms with E-state index in [-0.39, 0.29) is 0 Å². The number of hydrogen-bond donors (Lipinski definition) is 0. The molecule has 24 heavy (non-hydrogen) atoms. The van der Waals surface area contributed by atoms with E-state index in [1.54, 1.807) is 0 Å². The van der Waals surface area contributed by atoms with Gasteiger partial charge in [-0.25, -0.2) is 8.42 Å². The largest absolute Gasteiger partial charge is 0.401 e. The predicted octanol–water partition coefficient (Wildman–Crippen LogP) is 1.90. The number of rotatable bonds is 2. The van der Waals surface area contributed by atoms with Gasteiger partial charge in [-0.05, 0) is 25.0 Å². The van der Waals surface area contributed by atoms with Crippen LogP contribution in [0.1, 0.15) is 25.7 Å². The van der Waals surface area contributed by atoms with E-state index in [1.807, 2.05) is 0 Å². The molecule has 1 fully saturated rings. The Labute approximate surface area is 137 Å². The van der Waals surface area contributed by atoms with E-state index in [0.29, 0.717) is 37.8 Å². The van der Waals surface area contributed by atoms with Crippen molar-refractivity contribution in [3.63, 3.8) is 0 Å². The number of alkyl halides is 3. The molecule has 0 amide bonds. The fraction of sp³-hybridized carbons (Fsp3) is 0.538. The molecule has 0 spiro atoms. The summed E-state index contributed by atoms with van der Waals surface area (Å²) in [7, 11) is -8.01. The standard InChI is InChI=1S/C13H13F3N2O4S2/c14-13(15,16)11-9(23(19)20)6-3-7-10(11)24(21,22)12(18-17)8-4-1-2-5-8/h3,6-8,11H,1-2,4-5H2. The molecule has 0 bridgehead atoms. The van der Waals surface area contributed by atoms with Crippen molar-refractivity contribution >= 4 is 30.0 Å². The van der Waals surface area contributed by atoms with E-state index >= 15 is 0 Å². The van der Waals surface area contributed by atoms with Crippen LogP contribution in [0.25, 0.3) is 5.53 Å². The minimum absolute atomic E-state index is 0.377. The molecule has 0 N–H and O–H groups in total. The van der Waals surface area contributed by atoms with E-state index in [0.717, 1.165) is 6.08 Å². The van der Waals surface area contributed by atoms with E-state index in [2.05, 4.69) is 4.79 Å². The van der Waals surface area contributed by atoms with Gasteiger partial charge in [0.05, 0.1) is 15.7 Å². The minimum Gasteiger partial charge on any atom is -0.360 e. The number of hydrogen-bond acceptors (Lipinski definition) is 4. The average Bonchev–Trinajstić information content (AvgIpc) is 2.99. The Balaban J connectivity index is 2.63. The summed E-state index contributed by atoms with van der Waals surface area (Å²) in [5, 5.41) is -0.744. The predicted molar refractivity (Wildman–Crippen MR) is 80.2 cm³/mol. The molecule has 0 heterocycles. The summed E-state index contributed by atoms with van der Waals surface area (Å²) in [5.74, 6) is -3.49. The fourth-order valence-corrected chi connectivity index (χ4v) is 5.51. The third-order valence-electron chi connectivity index (χ3n) is 4.00. The van der Waals surface area contributed by atoms with Gasteiger partial charge in [-0.2, -0.15) is 26.4 Å². The van der Waals surface area contributed by atoms with Crippen molar-refractivity contribution in [3.8, 4) is 0 Å². The molecule has 0 aromatic rings. The van der Waals surface area contributed by atoms with Gasteiger partial charge in [0.1, 0.15) is 5.92 Å². The lowest BCUT2D eigenvalue weighted by molar-refractivity contribution is -0.144. The van der Waals surface area contributed by atoms with Gasteiger partial charge in [-0.1, -0.05) is 18.9 Å². The highest BCUT2D eigenvalue weighted by Crippen LogP contribution is 2.39. The zero-order valence-corrected chi connectivity index (χ0v) is 13.8. The van der Waals surface area contributed by atoms with Crippen molar-refractivity contribution in [2.75, 3.05) is 0 Å². The Morgan fingerprint density at radius 1 is 1.25 bits per heavy atom. The first kappa shape index (κ1) is 18.6. The normalized spacial score (nSPS) is 22.2. The van der Waals surface area contributed by atoms with E-state index < -0.39 is 53.0 Å². The fourth-order valence-electron chi connectivity index (χ4n) is 2.94. The maximum Gasteiger partial charge on any atom is 0.401 e. The van der Waals surface area contributed by atoms with Gasteiger partial charge < -0.3 is 5.53 Å². The molecule has 1 unspecified atom stereocenters. The van der Waals surface area contributed by atoms with Gasteiger partial charge in [-0.3, -0.25) is 0 Å². The first-order chi connectivity index (χ1) is 11.1. The topological polar surface area (TPSA) is 105 Å². The van der Waals surface area contributed by atoms with Crippen molar-refractivity contribution in [2.45, 2.75) is 31.9 Å². The van der Waals surface area contributed by atoms with Gasteiger partial charge in [0.15, 0.2) is 0 Å². The summed E-state index contributed by atoms with van der Waals surface area (Å²) in [6.45, 7) is 0. The van der Waals surface area contributed by atoms with E-state index in [4.69, 9.17) is 5.53 Å². The van der Waals surface area contributed by atoms with Crippen molar-refractivity contribution in [1.82, 2.24) is 0 Å². The highest BCUT2D eigenvalue weighted by molar-refractivity contribution is 8.09. The Bertz CT molecular complexity index is 878. The zero-order valence-electron chi connectivity index (χ0n) is 12.2. The number of allylic oxidation sites excluding steroid dienone is 4. The molecule has 6 nitrogen and oxygen atoms in total. The van der Waals surface area contributed by atoms with Crippen LogP contribution in [-0.2, 0) is 20.1 Å². The van der Waals surface area contributed by atoms with Crippen LogP contribution < -0.4 is 0 Å². The maximum atomic E-state index is 13.3. The van der Waals surface area contributed by atoms with E-state index in [1.165, 1.54) is 0 Å². The summed E-state index contributed by atoms with van der Waals surface area (Å²) in [5.41, 5.74) is 9.07. The number of sulfone groups is 1. The van der Waals surface area contributed by atoms with E-state index in [9.17, 15) is 30.0 Å². The highest BCUT2D eigenvalue weighted by Gasteiger charge is 2.53. The quantitative estimate of drug-likeness (QED) is 0.239. The molecule has 0 aliphatic heterocycles. The Kier molecular flexibility index (Phi) is 5.17. The van der Waals surface area contributed by atoms with Crippen molar-refractivity contribution in [1.29, 1.82) is 0 Å². The molecule has 0 aromatic heterocycles. The molecular formula is C13H13F3N2O4S2. The lowest BCUT2D eigenvalue weighted by Gasteiger charge is -2.23. The third-order valence-corrected chi connectivity index (χ3v) is 6.71. The molecule has 0 saturated heterocycles. The molecule has 1 saturated carbocycles. The molecule has 2 rings (SSSR count). The average molecular weight is 382 g/mol. The van der Waals surface area contributed by atoms with Crippen LogP contribution in [0, 0.1) is 11.8 Å². The Morgan fingerprint density at radius 3 is 2.29 bits per heavy atom. The van der Waals surface area contributed by atoms with Crippen LogP contribution in [0.3, 0.4) is 0 Å². The van der Waals surface area contributed by atoms with Gasteiger partial charge in [0.2, 0.25) is 10.3 Å². The van der Waals surface area contributed by atoms with Crippen molar-refractivity contribution in [2.24, 2.45) is 11.8 Å². The summed E-state index contributed by atoms with van der Waals surface area (Å²) < 4.78 is 87.4. The first-order valence-corrected chi connectivity index (χ1v) is 9.54. The van der Waals surface area contributed by atoms with Gasteiger partial charge in [0, 0.05) is 0 Å². The van der Waals surface area contributed by atoms with Crippen molar-refractivity contribution < 1.29 is 34.8 Å². The molecule has 2 aliphatic carbocycles. The summed E-state index contributed by atoms with van der Waals surface area (Å²) >= 11 is 0. The lowest BCUT2D eigenvalue weighted by Crippen LogP contribution is -2.39. The monoisotopic (exact) mass is 382 g/mol. The minimum atomic E-state index is -5.13. The molecule has 0 radical (unpaired) electrons. The molecular weight excluding hydrogens is 369 g/mol. The zero-order chi connectivity index (χ0) is 18.1. The molecule has 0 aromatic carbocycles. The van der Waals surface area contributed by atoms with Crippen LogP contribution in [0.15, 0.2) is 23.1 Å². The van der Waals surface area contributed by atoms with Crippen LogP contribution in [0.2, 0.25) is 0 Å². The number of nitrogens with zero attached hydrogens (tertiary/aromatic N) is 2. The summed E-state index contributed by atoms with van der Waals surface area (Å²) in [6, 6.07) is 0. The maximum absolute atomic E-state index is 13.3. The first-order valence-electron chi connectivity index (χ1n) is 6.98. The van der Waals surface area contributed by atoms with Crippen LogP contribution in [0.5, 0.6) is 0 Å².